The molecule has 8 heteroatoms. The van der Waals surface area contributed by atoms with Crippen LogP contribution in [-0.4, -0.2) is 63.2 Å². The Balaban J connectivity index is 1.72. The predicted molar refractivity (Wildman–Crippen MR) is 92.1 cm³/mol. The van der Waals surface area contributed by atoms with Gasteiger partial charge in [-0.1, -0.05) is 13.8 Å². The van der Waals surface area contributed by atoms with Crippen molar-refractivity contribution in [1.29, 1.82) is 0 Å². The minimum absolute atomic E-state index is 0.0214. The fraction of sp³-hybridized carbons (Fsp3) is 0.529. The standard InChI is InChI=1S/C17H23N5O3/c1-3-14-18-19-17(25-14)13-5-6-15(23)22(11-13)12-16(24)21-9-7-20(4-2)8-10-21/h5-6,11H,3-4,7-10,12H2,1-2H3. The molecule has 0 unspecified atom stereocenters. The maximum absolute atomic E-state index is 12.5. The minimum atomic E-state index is -0.223. The van der Waals surface area contributed by atoms with E-state index in [1.54, 1.807) is 12.3 Å². The molecule has 3 heterocycles. The molecule has 0 N–H and O–H groups in total. The van der Waals surface area contributed by atoms with E-state index in [0.29, 0.717) is 36.9 Å². The van der Waals surface area contributed by atoms with Gasteiger partial charge in [0.15, 0.2) is 0 Å². The lowest BCUT2D eigenvalue weighted by molar-refractivity contribution is -0.133. The largest absolute Gasteiger partial charge is 0.421 e. The lowest BCUT2D eigenvalue weighted by Gasteiger charge is -2.34. The fourth-order valence-electron chi connectivity index (χ4n) is 2.85. The van der Waals surface area contributed by atoms with Gasteiger partial charge in [-0.15, -0.1) is 10.2 Å². The molecule has 1 fully saturated rings. The van der Waals surface area contributed by atoms with Crippen molar-refractivity contribution in [2.75, 3.05) is 32.7 Å². The molecule has 0 atom stereocenters. The van der Waals surface area contributed by atoms with Crippen molar-refractivity contribution in [3.63, 3.8) is 0 Å². The molecule has 1 amide bonds. The van der Waals surface area contributed by atoms with Gasteiger partial charge in [0.1, 0.15) is 6.54 Å². The molecule has 0 spiro atoms. The first kappa shape index (κ1) is 17.3. The first-order valence-corrected chi connectivity index (χ1v) is 8.64. The summed E-state index contributed by atoms with van der Waals surface area (Å²) in [6.07, 6.45) is 2.25. The van der Waals surface area contributed by atoms with Crippen molar-refractivity contribution < 1.29 is 9.21 Å². The summed E-state index contributed by atoms with van der Waals surface area (Å²) in [5, 5.41) is 7.91. The van der Waals surface area contributed by atoms with Crippen molar-refractivity contribution in [2.24, 2.45) is 0 Å². The van der Waals surface area contributed by atoms with Gasteiger partial charge in [0.25, 0.3) is 5.56 Å². The van der Waals surface area contributed by atoms with Gasteiger partial charge in [-0.2, -0.15) is 0 Å². The maximum Gasteiger partial charge on any atom is 0.251 e. The van der Waals surface area contributed by atoms with Crippen LogP contribution in [-0.2, 0) is 17.8 Å². The third-order valence-corrected chi connectivity index (χ3v) is 4.48. The Labute approximate surface area is 146 Å². The molecule has 134 valence electrons. The molecule has 2 aromatic rings. The summed E-state index contributed by atoms with van der Waals surface area (Å²) in [5.41, 5.74) is 0.412. The number of carbonyl (C=O) groups is 1. The molecule has 0 saturated carbocycles. The number of hydrogen-bond acceptors (Lipinski definition) is 6. The number of hydrogen-bond donors (Lipinski definition) is 0. The summed E-state index contributed by atoms with van der Waals surface area (Å²) < 4.78 is 6.92. The van der Waals surface area contributed by atoms with E-state index in [1.807, 2.05) is 11.8 Å². The van der Waals surface area contributed by atoms with Gasteiger partial charge in [-0.25, -0.2) is 0 Å². The van der Waals surface area contributed by atoms with Gasteiger partial charge >= 0.3 is 0 Å². The number of nitrogens with zero attached hydrogens (tertiary/aromatic N) is 5. The highest BCUT2D eigenvalue weighted by atomic mass is 16.4. The van der Waals surface area contributed by atoms with Gasteiger partial charge in [0.05, 0.1) is 5.56 Å². The number of carbonyl (C=O) groups excluding carboxylic acids is 1. The SMILES string of the molecule is CCc1nnc(-c2ccc(=O)n(CC(=O)N3CCN(CC)CC3)c2)o1. The summed E-state index contributed by atoms with van der Waals surface area (Å²) in [4.78, 5) is 28.7. The molecule has 8 nitrogen and oxygen atoms in total. The molecule has 1 saturated heterocycles. The molecule has 1 aliphatic heterocycles. The zero-order chi connectivity index (χ0) is 17.8. The average Bonchev–Trinajstić information content (AvgIpc) is 3.12. The zero-order valence-electron chi connectivity index (χ0n) is 14.6. The molecule has 1 aliphatic rings. The van der Waals surface area contributed by atoms with Crippen LogP contribution in [0.4, 0.5) is 0 Å². The molecular formula is C17H23N5O3. The molecule has 0 aromatic carbocycles. The minimum Gasteiger partial charge on any atom is -0.421 e. The van der Waals surface area contributed by atoms with Crippen LogP contribution in [0.3, 0.4) is 0 Å². The van der Waals surface area contributed by atoms with Crippen LogP contribution in [0.2, 0.25) is 0 Å². The Morgan fingerprint density at radius 3 is 2.56 bits per heavy atom. The Morgan fingerprint density at radius 1 is 1.16 bits per heavy atom. The lowest BCUT2D eigenvalue weighted by Crippen LogP contribution is -2.49. The quantitative estimate of drug-likeness (QED) is 0.790. The molecule has 25 heavy (non-hydrogen) atoms. The summed E-state index contributed by atoms with van der Waals surface area (Å²) >= 11 is 0. The summed E-state index contributed by atoms with van der Waals surface area (Å²) in [6.45, 7) is 8.20. The number of likely N-dealkylation sites (N-methyl/N-ethyl adjacent to an activating group) is 1. The monoisotopic (exact) mass is 345 g/mol. The van der Waals surface area contributed by atoms with Crippen LogP contribution in [0.15, 0.2) is 27.5 Å². The second-order valence-electron chi connectivity index (χ2n) is 6.05. The first-order chi connectivity index (χ1) is 12.1. The van der Waals surface area contributed by atoms with E-state index in [2.05, 4.69) is 22.0 Å². The van der Waals surface area contributed by atoms with Crippen molar-refractivity contribution >= 4 is 5.91 Å². The van der Waals surface area contributed by atoms with Crippen LogP contribution in [0.5, 0.6) is 0 Å². The Bertz CT molecular complexity index is 790. The van der Waals surface area contributed by atoms with Crippen molar-refractivity contribution in [3.8, 4) is 11.5 Å². The molecule has 0 bridgehead atoms. The second kappa shape index (κ2) is 7.60. The molecule has 0 aliphatic carbocycles. The number of rotatable bonds is 5. The van der Waals surface area contributed by atoms with Crippen LogP contribution < -0.4 is 5.56 Å². The third kappa shape index (κ3) is 3.96. The summed E-state index contributed by atoms with van der Waals surface area (Å²) in [7, 11) is 0. The highest BCUT2D eigenvalue weighted by Gasteiger charge is 2.20. The van der Waals surface area contributed by atoms with E-state index in [0.717, 1.165) is 19.6 Å². The van der Waals surface area contributed by atoms with E-state index < -0.39 is 0 Å². The maximum atomic E-state index is 12.5. The number of amides is 1. The second-order valence-corrected chi connectivity index (χ2v) is 6.05. The number of piperazine rings is 1. The van der Waals surface area contributed by atoms with Crippen LogP contribution in [0.25, 0.3) is 11.5 Å². The number of aryl methyl sites for hydroxylation is 1. The van der Waals surface area contributed by atoms with E-state index in [-0.39, 0.29) is 18.0 Å². The normalized spacial score (nSPS) is 15.5. The van der Waals surface area contributed by atoms with Crippen LogP contribution >= 0.6 is 0 Å². The Hall–Kier alpha value is -2.48. The zero-order valence-corrected chi connectivity index (χ0v) is 14.6. The van der Waals surface area contributed by atoms with Crippen molar-refractivity contribution in [1.82, 2.24) is 24.6 Å². The van der Waals surface area contributed by atoms with E-state index in [4.69, 9.17) is 4.42 Å². The third-order valence-electron chi connectivity index (χ3n) is 4.48. The molecule has 2 aromatic heterocycles. The topological polar surface area (TPSA) is 84.5 Å². The highest BCUT2D eigenvalue weighted by Crippen LogP contribution is 2.16. The van der Waals surface area contributed by atoms with E-state index >= 15 is 0 Å². The molecular weight excluding hydrogens is 322 g/mol. The van der Waals surface area contributed by atoms with Crippen LogP contribution in [0.1, 0.15) is 19.7 Å². The van der Waals surface area contributed by atoms with Gasteiger partial charge in [0, 0.05) is 44.9 Å². The van der Waals surface area contributed by atoms with Crippen molar-refractivity contribution in [2.45, 2.75) is 26.8 Å². The molecule has 3 rings (SSSR count). The van der Waals surface area contributed by atoms with Crippen LogP contribution in [0, 0.1) is 0 Å². The van der Waals surface area contributed by atoms with E-state index in [1.165, 1.54) is 10.6 Å². The van der Waals surface area contributed by atoms with E-state index in [9.17, 15) is 9.59 Å². The molecule has 0 radical (unpaired) electrons. The van der Waals surface area contributed by atoms with Gasteiger partial charge < -0.3 is 18.8 Å². The predicted octanol–water partition coefficient (Wildman–Crippen LogP) is 0.625. The smallest absolute Gasteiger partial charge is 0.251 e. The average molecular weight is 345 g/mol. The van der Waals surface area contributed by atoms with Crippen molar-refractivity contribution in [3.05, 3.63) is 34.6 Å². The fourth-order valence-corrected chi connectivity index (χ4v) is 2.85. The van der Waals surface area contributed by atoms with Gasteiger partial charge in [0.2, 0.25) is 17.7 Å². The number of aromatic nitrogens is 3. The highest BCUT2D eigenvalue weighted by molar-refractivity contribution is 5.76. The first-order valence-electron chi connectivity index (χ1n) is 8.64. The Kier molecular flexibility index (Phi) is 5.28. The van der Waals surface area contributed by atoms with Gasteiger partial charge in [-0.3, -0.25) is 9.59 Å². The number of pyridine rings is 1. The lowest BCUT2D eigenvalue weighted by atomic mass is 10.2. The Morgan fingerprint density at radius 2 is 1.92 bits per heavy atom. The van der Waals surface area contributed by atoms with Gasteiger partial charge in [-0.05, 0) is 12.6 Å². The summed E-state index contributed by atoms with van der Waals surface area (Å²) in [5.74, 6) is 0.849. The summed E-state index contributed by atoms with van der Waals surface area (Å²) in [6, 6.07) is 3.06.